The highest BCUT2D eigenvalue weighted by Crippen LogP contribution is 2.21. The van der Waals surface area contributed by atoms with Gasteiger partial charge >= 0.3 is 0 Å². The minimum atomic E-state index is -0.157. The molecule has 9 heteroatoms. The Labute approximate surface area is 176 Å². The molecule has 7 nitrogen and oxygen atoms in total. The van der Waals surface area contributed by atoms with Crippen LogP contribution in [0.3, 0.4) is 0 Å². The van der Waals surface area contributed by atoms with Crippen LogP contribution in [0.2, 0.25) is 0 Å². The minimum Gasteiger partial charge on any atom is -0.485 e. The van der Waals surface area contributed by atoms with Crippen molar-refractivity contribution in [1.29, 1.82) is 0 Å². The van der Waals surface area contributed by atoms with Gasteiger partial charge in [0, 0.05) is 17.7 Å². The van der Waals surface area contributed by atoms with Crippen molar-refractivity contribution in [3.63, 3.8) is 0 Å². The predicted octanol–water partition coefficient (Wildman–Crippen LogP) is 3.90. The fourth-order valence-electron chi connectivity index (χ4n) is 2.46. The smallest absolute Gasteiger partial charge is 0.236 e. The van der Waals surface area contributed by atoms with Gasteiger partial charge in [0.25, 0.3) is 0 Å². The highest BCUT2D eigenvalue weighted by atomic mass is 79.9. The van der Waals surface area contributed by atoms with E-state index < -0.39 is 0 Å². The molecule has 2 heterocycles. The number of aryl methyl sites for hydroxylation is 2. The molecule has 0 fully saturated rings. The van der Waals surface area contributed by atoms with Crippen LogP contribution in [-0.2, 0) is 18.4 Å². The molecule has 0 saturated carbocycles. The summed E-state index contributed by atoms with van der Waals surface area (Å²) in [4.78, 5) is 16.2. The van der Waals surface area contributed by atoms with Crippen LogP contribution >= 0.6 is 27.7 Å². The van der Waals surface area contributed by atoms with Gasteiger partial charge in [0.1, 0.15) is 18.2 Å². The lowest BCUT2D eigenvalue weighted by molar-refractivity contribution is -0.113. The Kier molecular flexibility index (Phi) is 6.69. The Morgan fingerprint density at radius 3 is 2.79 bits per heavy atom. The largest absolute Gasteiger partial charge is 0.485 e. The number of hydrogen-bond acceptors (Lipinski definition) is 6. The van der Waals surface area contributed by atoms with Crippen LogP contribution in [0, 0.1) is 13.8 Å². The normalized spacial score (nSPS) is 10.7. The van der Waals surface area contributed by atoms with Gasteiger partial charge in [-0.2, -0.15) is 0 Å². The number of pyridine rings is 1. The van der Waals surface area contributed by atoms with Gasteiger partial charge in [0.05, 0.1) is 5.75 Å². The molecule has 3 rings (SSSR count). The second kappa shape index (κ2) is 9.20. The number of amides is 1. The maximum absolute atomic E-state index is 12.1. The van der Waals surface area contributed by atoms with Crippen molar-refractivity contribution in [2.24, 2.45) is 7.05 Å². The van der Waals surface area contributed by atoms with Crippen LogP contribution in [0.5, 0.6) is 5.75 Å². The summed E-state index contributed by atoms with van der Waals surface area (Å²) in [6, 6.07) is 9.60. The third-order valence-corrected chi connectivity index (χ3v) is 5.43. The molecule has 2 aromatic heterocycles. The van der Waals surface area contributed by atoms with Gasteiger partial charge < -0.3 is 14.6 Å². The average Bonchev–Trinajstić information content (AvgIpc) is 3.01. The van der Waals surface area contributed by atoms with Gasteiger partial charge in [0.15, 0.2) is 11.0 Å². The molecule has 28 heavy (non-hydrogen) atoms. The average molecular weight is 462 g/mol. The van der Waals surface area contributed by atoms with Crippen molar-refractivity contribution in [2.75, 3.05) is 11.1 Å². The molecule has 0 unspecified atom stereocenters. The molecule has 3 aromatic rings. The fraction of sp³-hybridized carbons (Fsp3) is 0.263. The molecule has 0 atom stereocenters. The second-order valence-electron chi connectivity index (χ2n) is 6.21. The van der Waals surface area contributed by atoms with E-state index in [1.54, 1.807) is 12.3 Å². The minimum absolute atomic E-state index is 0.157. The number of rotatable bonds is 7. The first-order chi connectivity index (χ1) is 13.4. The number of benzene rings is 1. The Bertz CT molecular complexity index is 975. The molecule has 146 valence electrons. The number of ether oxygens (including phenoxy) is 1. The topological polar surface area (TPSA) is 81.9 Å². The molecular weight excluding hydrogens is 442 g/mol. The van der Waals surface area contributed by atoms with E-state index in [9.17, 15) is 4.79 Å². The SMILES string of the molecule is Cc1ccc(OCc2nnc(SCC(=O)Nc3ccc(Br)cn3)n2C)c(C)c1. The van der Waals surface area contributed by atoms with E-state index in [0.29, 0.717) is 23.4 Å². The van der Waals surface area contributed by atoms with Crippen LogP contribution in [0.15, 0.2) is 46.2 Å². The van der Waals surface area contributed by atoms with Crippen molar-refractivity contribution >= 4 is 39.4 Å². The maximum atomic E-state index is 12.1. The third kappa shape index (κ3) is 5.32. The summed E-state index contributed by atoms with van der Waals surface area (Å²) < 4.78 is 8.55. The van der Waals surface area contributed by atoms with Crippen molar-refractivity contribution in [3.05, 3.63) is 58.0 Å². The summed E-state index contributed by atoms with van der Waals surface area (Å²) in [7, 11) is 1.86. The van der Waals surface area contributed by atoms with Crippen molar-refractivity contribution in [3.8, 4) is 5.75 Å². The van der Waals surface area contributed by atoms with E-state index >= 15 is 0 Å². The molecule has 0 aliphatic carbocycles. The molecular formula is C19H20BrN5O2S. The molecule has 0 bridgehead atoms. The van der Waals surface area contributed by atoms with Gasteiger partial charge in [-0.1, -0.05) is 29.5 Å². The molecule has 0 aliphatic heterocycles. The number of aromatic nitrogens is 4. The molecule has 0 aliphatic rings. The predicted molar refractivity (Wildman–Crippen MR) is 113 cm³/mol. The fourth-order valence-corrected chi connectivity index (χ4v) is 3.42. The first-order valence-electron chi connectivity index (χ1n) is 8.55. The number of anilines is 1. The monoisotopic (exact) mass is 461 g/mol. The highest BCUT2D eigenvalue weighted by Gasteiger charge is 2.13. The van der Waals surface area contributed by atoms with Crippen LogP contribution in [0.1, 0.15) is 17.0 Å². The van der Waals surface area contributed by atoms with Gasteiger partial charge in [-0.25, -0.2) is 4.98 Å². The zero-order chi connectivity index (χ0) is 20.1. The number of hydrogen-bond donors (Lipinski definition) is 1. The summed E-state index contributed by atoms with van der Waals surface area (Å²) >= 11 is 4.62. The number of halogens is 1. The first-order valence-corrected chi connectivity index (χ1v) is 10.3. The Balaban J connectivity index is 1.54. The molecule has 1 N–H and O–H groups in total. The Morgan fingerprint density at radius 2 is 2.07 bits per heavy atom. The van der Waals surface area contributed by atoms with Gasteiger partial charge in [0.2, 0.25) is 5.91 Å². The number of nitrogens with zero attached hydrogens (tertiary/aromatic N) is 4. The first kappa shape index (κ1) is 20.3. The maximum Gasteiger partial charge on any atom is 0.236 e. The second-order valence-corrected chi connectivity index (χ2v) is 8.07. The summed E-state index contributed by atoms with van der Waals surface area (Å²) in [5.41, 5.74) is 2.27. The van der Waals surface area contributed by atoms with Crippen LogP contribution in [0.25, 0.3) is 0 Å². The summed E-state index contributed by atoms with van der Waals surface area (Å²) in [6.45, 7) is 4.37. The lowest BCUT2D eigenvalue weighted by Crippen LogP contribution is -2.15. The summed E-state index contributed by atoms with van der Waals surface area (Å²) in [5.74, 6) is 2.08. The van der Waals surface area contributed by atoms with E-state index in [4.69, 9.17) is 4.74 Å². The van der Waals surface area contributed by atoms with Crippen LogP contribution in [-0.4, -0.2) is 31.4 Å². The number of nitrogens with one attached hydrogen (secondary N) is 1. The number of thioether (sulfide) groups is 1. The molecule has 0 saturated heterocycles. The van der Waals surface area contributed by atoms with Crippen molar-refractivity contribution in [1.82, 2.24) is 19.7 Å². The van der Waals surface area contributed by atoms with Crippen molar-refractivity contribution < 1.29 is 9.53 Å². The lowest BCUT2D eigenvalue weighted by atomic mass is 10.1. The van der Waals surface area contributed by atoms with Crippen molar-refractivity contribution in [2.45, 2.75) is 25.6 Å². The molecule has 0 spiro atoms. The lowest BCUT2D eigenvalue weighted by Gasteiger charge is -2.09. The zero-order valence-electron chi connectivity index (χ0n) is 15.8. The third-order valence-electron chi connectivity index (χ3n) is 3.94. The number of carbonyl (C=O) groups is 1. The zero-order valence-corrected chi connectivity index (χ0v) is 18.2. The van der Waals surface area contributed by atoms with E-state index in [-0.39, 0.29) is 11.7 Å². The van der Waals surface area contributed by atoms with E-state index in [1.165, 1.54) is 17.3 Å². The Hall–Kier alpha value is -2.39. The quantitative estimate of drug-likeness (QED) is 0.537. The van der Waals surface area contributed by atoms with Crippen LogP contribution < -0.4 is 10.1 Å². The van der Waals surface area contributed by atoms with Gasteiger partial charge in [-0.3, -0.25) is 4.79 Å². The standard InChI is InChI=1S/C19H20BrN5O2S/c1-12-4-6-15(13(2)8-12)27-10-17-23-24-19(25(17)3)28-11-18(26)22-16-7-5-14(20)9-21-16/h4-9H,10-11H2,1-3H3,(H,21,22,26). The van der Waals surface area contributed by atoms with E-state index in [0.717, 1.165) is 15.8 Å². The summed E-state index contributed by atoms with van der Waals surface area (Å²) in [6.07, 6.45) is 1.63. The molecule has 1 aromatic carbocycles. The Morgan fingerprint density at radius 1 is 1.25 bits per heavy atom. The highest BCUT2D eigenvalue weighted by molar-refractivity contribution is 9.10. The van der Waals surface area contributed by atoms with E-state index in [1.807, 2.05) is 43.7 Å². The van der Waals surface area contributed by atoms with Gasteiger partial charge in [-0.15, -0.1) is 10.2 Å². The van der Waals surface area contributed by atoms with Gasteiger partial charge in [-0.05, 0) is 53.5 Å². The molecule has 1 amide bonds. The molecule has 0 radical (unpaired) electrons. The summed E-state index contributed by atoms with van der Waals surface area (Å²) in [5, 5.41) is 11.7. The van der Waals surface area contributed by atoms with E-state index in [2.05, 4.69) is 42.5 Å². The number of carbonyl (C=O) groups excluding carboxylic acids is 1. The van der Waals surface area contributed by atoms with Crippen LogP contribution in [0.4, 0.5) is 5.82 Å².